The number of halogens is 3. The predicted molar refractivity (Wildman–Crippen MR) is 106 cm³/mol. The van der Waals surface area contributed by atoms with Crippen LogP contribution < -0.4 is 0 Å². The van der Waals surface area contributed by atoms with Gasteiger partial charge in [-0.1, -0.05) is 80.6 Å². The number of carbonyl (C=O) groups is 1. The van der Waals surface area contributed by atoms with Crippen molar-refractivity contribution in [3.05, 3.63) is 77.9 Å². The van der Waals surface area contributed by atoms with Gasteiger partial charge in [0.2, 0.25) is 0 Å². The van der Waals surface area contributed by atoms with E-state index in [0.717, 1.165) is 5.56 Å². The number of rotatable bonds is 7. The molecule has 2 aromatic carbocycles. The summed E-state index contributed by atoms with van der Waals surface area (Å²) in [6, 6.07) is 17.7. The summed E-state index contributed by atoms with van der Waals surface area (Å²) in [4.78, 5) is 12.1. The maximum atomic E-state index is 13.7. The number of hydrogen-bond acceptors (Lipinski definition) is 3. The molecule has 0 aliphatic rings. The quantitative estimate of drug-likeness (QED) is 0.635. The third kappa shape index (κ3) is 5.26. The third-order valence-electron chi connectivity index (χ3n) is 4.73. The van der Waals surface area contributed by atoms with Gasteiger partial charge in [0.25, 0.3) is 5.60 Å². The number of ether oxygens (including phenoxy) is 1. The number of allylic oxidation sites excluding steroid dienone is 1. The van der Waals surface area contributed by atoms with Crippen molar-refractivity contribution in [2.45, 2.75) is 44.4 Å². The fourth-order valence-corrected chi connectivity index (χ4v) is 3.09. The summed E-state index contributed by atoms with van der Waals surface area (Å²) in [7, 11) is 0. The topological polar surface area (TPSA) is 46.5 Å². The van der Waals surface area contributed by atoms with E-state index in [1.165, 1.54) is 6.92 Å². The second-order valence-corrected chi connectivity index (χ2v) is 7.38. The summed E-state index contributed by atoms with van der Waals surface area (Å²) < 4.78 is 45.7. The van der Waals surface area contributed by atoms with E-state index in [4.69, 9.17) is 0 Å². The van der Waals surface area contributed by atoms with Crippen LogP contribution in [0.15, 0.2) is 66.7 Å². The third-order valence-corrected chi connectivity index (χ3v) is 4.73. The number of carbonyl (C=O) groups excluding carboxylic acids is 1. The lowest BCUT2D eigenvalue weighted by atomic mass is 9.79. The van der Waals surface area contributed by atoms with Crippen LogP contribution in [0.4, 0.5) is 13.2 Å². The zero-order valence-electron chi connectivity index (χ0n) is 16.7. The average Bonchev–Trinajstić information content (AvgIpc) is 2.68. The van der Waals surface area contributed by atoms with Crippen molar-refractivity contribution < 1.29 is 27.8 Å². The van der Waals surface area contributed by atoms with E-state index in [1.54, 1.807) is 36.4 Å². The largest absolute Gasteiger partial charge is 0.464 e. The first-order chi connectivity index (χ1) is 13.5. The van der Waals surface area contributed by atoms with Crippen molar-refractivity contribution in [1.82, 2.24) is 0 Å². The molecule has 0 amide bonds. The lowest BCUT2D eigenvalue weighted by Crippen LogP contribution is -2.53. The minimum Gasteiger partial charge on any atom is -0.464 e. The van der Waals surface area contributed by atoms with Crippen molar-refractivity contribution in [3.63, 3.8) is 0 Å². The average molecular weight is 406 g/mol. The molecule has 0 spiro atoms. The number of alkyl halides is 3. The second kappa shape index (κ2) is 8.82. The summed E-state index contributed by atoms with van der Waals surface area (Å²) in [5.41, 5.74) is -2.71. The van der Waals surface area contributed by atoms with Gasteiger partial charge in [0, 0.05) is 11.8 Å². The van der Waals surface area contributed by atoms with Crippen LogP contribution in [0.1, 0.15) is 38.3 Å². The van der Waals surface area contributed by atoms with Crippen LogP contribution in [0.5, 0.6) is 0 Å². The fraction of sp³-hybridized carbons (Fsp3) is 0.348. The Balaban J connectivity index is 2.58. The lowest BCUT2D eigenvalue weighted by molar-refractivity contribution is -0.260. The molecule has 156 valence electrons. The van der Waals surface area contributed by atoms with E-state index < -0.39 is 29.6 Å². The second-order valence-electron chi connectivity index (χ2n) is 7.38. The molecule has 0 aliphatic carbocycles. The molecule has 0 fully saturated rings. The highest BCUT2D eigenvalue weighted by molar-refractivity contribution is 5.84. The minimum atomic E-state index is -5.19. The highest BCUT2D eigenvalue weighted by Gasteiger charge is 2.61. The molecule has 0 bridgehead atoms. The van der Waals surface area contributed by atoms with Crippen molar-refractivity contribution in [3.8, 4) is 0 Å². The highest BCUT2D eigenvalue weighted by atomic mass is 19.4. The van der Waals surface area contributed by atoms with Crippen LogP contribution in [0.2, 0.25) is 0 Å². The van der Waals surface area contributed by atoms with Crippen molar-refractivity contribution in [2.24, 2.45) is 0 Å². The van der Waals surface area contributed by atoms with E-state index in [-0.39, 0.29) is 12.2 Å². The van der Waals surface area contributed by atoms with Crippen LogP contribution >= 0.6 is 0 Å². The van der Waals surface area contributed by atoms with Gasteiger partial charge < -0.3 is 9.84 Å². The fourth-order valence-electron chi connectivity index (χ4n) is 3.09. The Morgan fingerprint density at radius 1 is 1.00 bits per heavy atom. The molecule has 2 rings (SSSR count). The molecule has 0 heterocycles. The molecular weight excluding hydrogens is 381 g/mol. The smallest absolute Gasteiger partial charge is 0.428 e. The molecule has 0 radical (unpaired) electrons. The molecule has 2 aromatic rings. The van der Waals surface area contributed by atoms with Gasteiger partial charge in [-0.3, -0.25) is 0 Å². The van der Waals surface area contributed by atoms with E-state index in [2.05, 4.69) is 4.74 Å². The molecule has 0 saturated heterocycles. The van der Waals surface area contributed by atoms with Gasteiger partial charge in [0.05, 0.1) is 6.61 Å². The zero-order chi connectivity index (χ0) is 21.7. The first-order valence-electron chi connectivity index (χ1n) is 9.30. The molecule has 1 N–H and O–H groups in total. The maximum absolute atomic E-state index is 13.7. The van der Waals surface area contributed by atoms with Crippen molar-refractivity contribution >= 4 is 11.5 Å². The Morgan fingerprint density at radius 2 is 1.52 bits per heavy atom. The van der Waals surface area contributed by atoms with Crippen LogP contribution in [0, 0.1) is 0 Å². The van der Waals surface area contributed by atoms with Gasteiger partial charge in [-0.25, -0.2) is 4.79 Å². The van der Waals surface area contributed by atoms with Gasteiger partial charge in [-0.05, 0) is 23.6 Å². The van der Waals surface area contributed by atoms with Crippen molar-refractivity contribution in [2.75, 3.05) is 6.61 Å². The van der Waals surface area contributed by atoms with Gasteiger partial charge in [0.1, 0.15) is 0 Å². The number of aliphatic hydroxyl groups is 1. The molecule has 1 atom stereocenters. The van der Waals surface area contributed by atoms with Crippen LogP contribution in [-0.4, -0.2) is 29.5 Å². The van der Waals surface area contributed by atoms with Gasteiger partial charge >= 0.3 is 12.1 Å². The first kappa shape index (κ1) is 22.7. The Kier molecular flexibility index (Phi) is 6.90. The Hall–Kier alpha value is -2.60. The van der Waals surface area contributed by atoms with Gasteiger partial charge in [-0.2, -0.15) is 13.2 Å². The Morgan fingerprint density at radius 3 is 2.00 bits per heavy atom. The zero-order valence-corrected chi connectivity index (χ0v) is 16.7. The molecule has 3 nitrogen and oxygen atoms in total. The van der Waals surface area contributed by atoms with E-state index >= 15 is 0 Å². The van der Waals surface area contributed by atoms with Crippen molar-refractivity contribution in [1.29, 1.82) is 0 Å². The monoisotopic (exact) mass is 406 g/mol. The first-order valence-corrected chi connectivity index (χ1v) is 9.30. The molecule has 0 unspecified atom stereocenters. The molecule has 0 aliphatic heterocycles. The molecule has 0 aromatic heterocycles. The van der Waals surface area contributed by atoms with E-state index in [1.807, 2.05) is 44.2 Å². The molecule has 6 heteroatoms. The molecule has 0 saturated carbocycles. The lowest BCUT2D eigenvalue weighted by Gasteiger charge is -2.31. The number of hydrogen-bond donors (Lipinski definition) is 1. The normalized spacial score (nSPS) is 14.9. The van der Waals surface area contributed by atoms with Crippen LogP contribution in [0.25, 0.3) is 5.57 Å². The van der Waals surface area contributed by atoms with Gasteiger partial charge in [0.15, 0.2) is 0 Å². The SMILES string of the molecule is CCOC(=O)[C@@](O)(C/C(=C/C(C)(C)c1ccccc1)c1ccccc1)C(F)(F)F. The van der Waals surface area contributed by atoms with E-state index in [0.29, 0.717) is 5.56 Å². The highest BCUT2D eigenvalue weighted by Crippen LogP contribution is 2.40. The standard InChI is InChI=1S/C23H25F3O3/c1-4-29-20(27)22(28,23(24,25)26)16-18(17-11-7-5-8-12-17)15-21(2,3)19-13-9-6-10-14-19/h5-15,28H,4,16H2,1-3H3/b18-15-/t22-/m0/s1. The molecule has 29 heavy (non-hydrogen) atoms. The Bertz CT molecular complexity index is 843. The number of benzene rings is 2. The summed E-state index contributed by atoms with van der Waals surface area (Å²) in [6.45, 7) is 4.85. The Labute approximate surface area is 168 Å². The maximum Gasteiger partial charge on any atom is 0.428 e. The summed E-state index contributed by atoms with van der Waals surface area (Å²) in [6.07, 6.45) is -4.48. The summed E-state index contributed by atoms with van der Waals surface area (Å²) in [5.74, 6) is -1.70. The minimum absolute atomic E-state index is 0.201. The van der Waals surface area contributed by atoms with E-state index in [9.17, 15) is 23.1 Å². The van der Waals surface area contributed by atoms with Crippen LogP contribution in [0.3, 0.4) is 0 Å². The summed E-state index contributed by atoms with van der Waals surface area (Å²) >= 11 is 0. The summed E-state index contributed by atoms with van der Waals surface area (Å²) in [5, 5.41) is 10.4. The number of esters is 1. The van der Waals surface area contributed by atoms with Gasteiger partial charge in [-0.15, -0.1) is 0 Å². The predicted octanol–water partition coefficient (Wildman–Crippen LogP) is 5.29. The molecular formula is C23H25F3O3. The van der Waals surface area contributed by atoms with Crippen LogP contribution in [-0.2, 0) is 14.9 Å².